The van der Waals surface area contributed by atoms with Crippen LogP contribution in [0.15, 0.2) is 24.4 Å². The van der Waals surface area contributed by atoms with E-state index >= 15 is 0 Å². The fraction of sp³-hybridized carbons (Fsp3) is 0.308. The number of carbonyl (C=O) groups excluding carboxylic acids is 1. The van der Waals surface area contributed by atoms with Gasteiger partial charge in [-0.2, -0.15) is 0 Å². The van der Waals surface area contributed by atoms with Crippen molar-refractivity contribution in [1.29, 1.82) is 0 Å². The molecule has 0 aliphatic heterocycles. The summed E-state index contributed by atoms with van der Waals surface area (Å²) in [6.07, 6.45) is 1.86. The van der Waals surface area contributed by atoms with E-state index in [0.29, 0.717) is 11.6 Å². The number of fused-ring (bicyclic) bond motifs is 1. The first-order valence-corrected chi connectivity index (χ1v) is 5.99. The van der Waals surface area contributed by atoms with Crippen molar-refractivity contribution in [3.8, 4) is 0 Å². The average Bonchev–Trinajstić information content (AvgIpc) is 2.63. The van der Waals surface area contributed by atoms with Crippen LogP contribution in [0.1, 0.15) is 17.3 Å². The highest BCUT2D eigenvalue weighted by molar-refractivity contribution is 6.31. The Labute approximate surface area is 105 Å². The van der Waals surface area contributed by atoms with Crippen LogP contribution < -0.4 is 5.32 Å². The Morgan fingerprint density at radius 1 is 1.47 bits per heavy atom. The van der Waals surface area contributed by atoms with Gasteiger partial charge in [0.05, 0.1) is 6.54 Å². The number of Topliss-reactive ketones (excluding diaryl/α,β-unsaturated/α-hetero) is 1. The molecule has 90 valence electrons. The van der Waals surface area contributed by atoms with E-state index in [4.69, 9.17) is 11.6 Å². The zero-order valence-corrected chi connectivity index (χ0v) is 10.7. The zero-order valence-electron chi connectivity index (χ0n) is 9.96. The molecule has 2 rings (SSSR count). The van der Waals surface area contributed by atoms with Gasteiger partial charge in [0.15, 0.2) is 5.78 Å². The summed E-state index contributed by atoms with van der Waals surface area (Å²) in [6, 6.07) is 5.61. The lowest BCUT2D eigenvalue weighted by atomic mass is 10.1. The lowest BCUT2D eigenvalue weighted by Gasteiger charge is -2.00. The van der Waals surface area contributed by atoms with Crippen molar-refractivity contribution < 1.29 is 4.79 Å². The van der Waals surface area contributed by atoms with Crippen LogP contribution in [0.25, 0.3) is 10.9 Å². The van der Waals surface area contributed by atoms with Crippen LogP contribution in [-0.4, -0.2) is 23.4 Å². The number of aryl methyl sites for hydroxylation is 1. The summed E-state index contributed by atoms with van der Waals surface area (Å²) in [5, 5.41) is 4.62. The number of likely N-dealkylation sites (N-methyl/N-ethyl adjacent to an activating group) is 1. The second-order valence-electron chi connectivity index (χ2n) is 4.02. The molecule has 0 amide bonds. The Bertz CT molecular complexity index is 560. The van der Waals surface area contributed by atoms with Crippen LogP contribution in [0.2, 0.25) is 5.02 Å². The molecular formula is C13H15ClN2O. The monoisotopic (exact) mass is 250 g/mol. The van der Waals surface area contributed by atoms with Gasteiger partial charge in [-0.1, -0.05) is 18.5 Å². The molecule has 4 heteroatoms. The molecule has 0 aliphatic rings. The van der Waals surface area contributed by atoms with E-state index in [-0.39, 0.29) is 5.78 Å². The fourth-order valence-electron chi connectivity index (χ4n) is 1.92. The summed E-state index contributed by atoms with van der Waals surface area (Å²) < 4.78 is 1.95. The van der Waals surface area contributed by atoms with Gasteiger partial charge in [0.1, 0.15) is 0 Å². The van der Waals surface area contributed by atoms with E-state index in [1.807, 2.05) is 42.9 Å². The second-order valence-corrected chi connectivity index (χ2v) is 4.46. The van der Waals surface area contributed by atoms with E-state index in [0.717, 1.165) is 23.0 Å². The highest BCUT2D eigenvalue weighted by atomic mass is 35.5. The Morgan fingerprint density at radius 2 is 2.24 bits per heavy atom. The third kappa shape index (κ3) is 2.35. The van der Waals surface area contributed by atoms with Crippen molar-refractivity contribution in [2.24, 2.45) is 7.05 Å². The van der Waals surface area contributed by atoms with Crippen molar-refractivity contribution in [1.82, 2.24) is 9.88 Å². The maximum absolute atomic E-state index is 12.0. The van der Waals surface area contributed by atoms with E-state index in [2.05, 4.69) is 5.32 Å². The first-order valence-electron chi connectivity index (χ1n) is 5.62. The maximum Gasteiger partial charge on any atom is 0.178 e. The van der Waals surface area contributed by atoms with Crippen LogP contribution >= 0.6 is 11.6 Å². The van der Waals surface area contributed by atoms with Gasteiger partial charge >= 0.3 is 0 Å². The topological polar surface area (TPSA) is 34.0 Å². The Hall–Kier alpha value is -1.32. The van der Waals surface area contributed by atoms with Crippen molar-refractivity contribution in [2.45, 2.75) is 6.92 Å². The molecule has 0 fully saturated rings. The number of nitrogens with zero attached hydrogens (tertiary/aromatic N) is 1. The molecule has 17 heavy (non-hydrogen) atoms. The van der Waals surface area contributed by atoms with Gasteiger partial charge in [0, 0.05) is 34.7 Å². The summed E-state index contributed by atoms with van der Waals surface area (Å²) in [7, 11) is 1.93. The van der Waals surface area contributed by atoms with Gasteiger partial charge < -0.3 is 9.88 Å². The number of hydrogen-bond acceptors (Lipinski definition) is 2. The highest BCUT2D eigenvalue weighted by Gasteiger charge is 2.13. The molecule has 0 saturated heterocycles. The van der Waals surface area contributed by atoms with Gasteiger partial charge in [-0.15, -0.1) is 0 Å². The lowest BCUT2D eigenvalue weighted by molar-refractivity contribution is 0.0993. The molecule has 1 aromatic heterocycles. The molecule has 1 heterocycles. The number of carbonyl (C=O) groups is 1. The minimum absolute atomic E-state index is 0.0970. The number of ketones is 1. The highest BCUT2D eigenvalue weighted by Crippen LogP contribution is 2.24. The van der Waals surface area contributed by atoms with E-state index in [1.54, 1.807) is 0 Å². The minimum atomic E-state index is 0.0970. The van der Waals surface area contributed by atoms with Gasteiger partial charge in [-0.05, 0) is 24.7 Å². The predicted octanol–water partition coefficient (Wildman–Crippen LogP) is 2.62. The average molecular weight is 251 g/mol. The molecule has 0 radical (unpaired) electrons. The third-order valence-electron chi connectivity index (χ3n) is 2.79. The van der Waals surface area contributed by atoms with Crippen LogP contribution in [-0.2, 0) is 7.05 Å². The van der Waals surface area contributed by atoms with Gasteiger partial charge in [-0.3, -0.25) is 4.79 Å². The number of hydrogen-bond donors (Lipinski definition) is 1. The fourth-order valence-corrected chi connectivity index (χ4v) is 2.09. The molecule has 3 nitrogen and oxygen atoms in total. The van der Waals surface area contributed by atoms with Gasteiger partial charge in [0.25, 0.3) is 0 Å². The Balaban J connectivity index is 2.46. The van der Waals surface area contributed by atoms with Crippen molar-refractivity contribution >= 4 is 28.3 Å². The molecule has 1 aromatic carbocycles. The molecule has 0 bridgehead atoms. The van der Waals surface area contributed by atoms with E-state index in [1.165, 1.54) is 0 Å². The summed E-state index contributed by atoms with van der Waals surface area (Å²) in [6.45, 7) is 3.13. The Morgan fingerprint density at radius 3 is 2.94 bits per heavy atom. The van der Waals surface area contributed by atoms with E-state index < -0.39 is 0 Å². The largest absolute Gasteiger partial charge is 0.350 e. The van der Waals surface area contributed by atoms with Gasteiger partial charge in [0.2, 0.25) is 0 Å². The summed E-state index contributed by atoms with van der Waals surface area (Å²) in [5.41, 5.74) is 1.75. The second kappa shape index (κ2) is 4.90. The first kappa shape index (κ1) is 12.1. The quantitative estimate of drug-likeness (QED) is 0.847. The molecule has 0 unspecified atom stereocenters. The van der Waals surface area contributed by atoms with E-state index in [9.17, 15) is 4.79 Å². The van der Waals surface area contributed by atoms with Crippen LogP contribution in [0.5, 0.6) is 0 Å². The minimum Gasteiger partial charge on any atom is -0.350 e. The van der Waals surface area contributed by atoms with Crippen molar-refractivity contribution in [2.75, 3.05) is 13.1 Å². The van der Waals surface area contributed by atoms with Gasteiger partial charge in [-0.25, -0.2) is 0 Å². The first-order chi connectivity index (χ1) is 8.13. The standard InChI is InChI=1S/C13H15ClN2O/c1-3-15-7-13(17)11-8-16(2)12-5-4-9(14)6-10(11)12/h4-6,8,15H,3,7H2,1-2H3. The van der Waals surface area contributed by atoms with Crippen LogP contribution in [0, 0.1) is 0 Å². The summed E-state index contributed by atoms with van der Waals surface area (Å²) in [5.74, 6) is 0.0970. The number of aromatic nitrogens is 1. The molecular weight excluding hydrogens is 236 g/mol. The van der Waals surface area contributed by atoms with Crippen LogP contribution in [0.3, 0.4) is 0 Å². The number of nitrogens with one attached hydrogen (secondary N) is 1. The third-order valence-corrected chi connectivity index (χ3v) is 3.02. The SMILES string of the molecule is CCNCC(=O)c1cn(C)c2ccc(Cl)cc12. The van der Waals surface area contributed by atoms with Crippen molar-refractivity contribution in [3.63, 3.8) is 0 Å². The molecule has 0 spiro atoms. The predicted molar refractivity (Wildman–Crippen MR) is 70.8 cm³/mol. The molecule has 0 atom stereocenters. The normalized spacial score (nSPS) is 11.0. The number of halogens is 1. The summed E-state index contributed by atoms with van der Waals surface area (Å²) in [4.78, 5) is 12.0. The Kier molecular flexibility index (Phi) is 3.50. The number of benzene rings is 1. The molecule has 1 N–H and O–H groups in total. The molecule has 0 aliphatic carbocycles. The maximum atomic E-state index is 12.0. The number of rotatable bonds is 4. The van der Waals surface area contributed by atoms with Crippen LogP contribution in [0.4, 0.5) is 0 Å². The zero-order chi connectivity index (χ0) is 12.4. The smallest absolute Gasteiger partial charge is 0.178 e. The lowest BCUT2D eigenvalue weighted by Crippen LogP contribution is -2.22. The molecule has 2 aromatic rings. The summed E-state index contributed by atoms with van der Waals surface area (Å²) >= 11 is 5.97. The van der Waals surface area contributed by atoms with Crippen molar-refractivity contribution in [3.05, 3.63) is 35.0 Å². The molecule has 0 saturated carbocycles.